The van der Waals surface area contributed by atoms with Crippen LogP contribution >= 0.6 is 0 Å². The molecule has 2 aliphatic heterocycles. The first kappa shape index (κ1) is 13.6. The van der Waals surface area contributed by atoms with Crippen LogP contribution < -0.4 is 9.47 Å². The van der Waals surface area contributed by atoms with E-state index in [1.807, 2.05) is 18.2 Å². The molecular formula is C16H15NO4S. The molecule has 2 heterocycles. The minimum absolute atomic E-state index is 0.226. The van der Waals surface area contributed by atoms with Crippen LogP contribution in [0.4, 0.5) is 0 Å². The van der Waals surface area contributed by atoms with Crippen LogP contribution in [0.3, 0.4) is 0 Å². The van der Waals surface area contributed by atoms with Gasteiger partial charge in [0.05, 0.1) is 4.90 Å². The van der Waals surface area contributed by atoms with Gasteiger partial charge in [0.1, 0.15) is 0 Å². The highest BCUT2D eigenvalue weighted by atomic mass is 32.2. The summed E-state index contributed by atoms with van der Waals surface area (Å²) in [7, 11) is -3.46. The molecule has 2 aromatic carbocycles. The predicted octanol–water partition coefficient (Wildman–Crippen LogP) is 2.16. The molecule has 0 radical (unpaired) electrons. The third-order valence-electron chi connectivity index (χ3n) is 4.05. The van der Waals surface area contributed by atoms with Crippen LogP contribution in [-0.2, 0) is 23.0 Å². The highest BCUT2D eigenvalue weighted by Crippen LogP contribution is 2.37. The Bertz CT molecular complexity index is 818. The fourth-order valence-corrected chi connectivity index (χ4v) is 4.31. The quantitative estimate of drug-likeness (QED) is 0.852. The summed E-state index contributed by atoms with van der Waals surface area (Å²) in [5.41, 5.74) is 2.11. The third kappa shape index (κ3) is 2.15. The summed E-state index contributed by atoms with van der Waals surface area (Å²) < 4.78 is 37.7. The van der Waals surface area contributed by atoms with Crippen molar-refractivity contribution < 1.29 is 17.9 Å². The second kappa shape index (κ2) is 5.00. The number of ether oxygens (including phenoxy) is 2. The number of rotatable bonds is 2. The second-order valence-electron chi connectivity index (χ2n) is 5.38. The SMILES string of the molecule is O=S(=O)(c1ccccc1)N1CCc2cc3c(cc2C1)OCO3. The monoisotopic (exact) mass is 317 g/mol. The van der Waals surface area contributed by atoms with Crippen molar-refractivity contribution in [3.8, 4) is 11.5 Å². The summed E-state index contributed by atoms with van der Waals surface area (Å²) in [6.45, 7) is 1.07. The van der Waals surface area contributed by atoms with E-state index in [1.54, 1.807) is 24.3 Å². The summed E-state index contributed by atoms with van der Waals surface area (Å²) in [4.78, 5) is 0.333. The van der Waals surface area contributed by atoms with Crippen molar-refractivity contribution in [1.29, 1.82) is 0 Å². The Hall–Kier alpha value is -2.05. The van der Waals surface area contributed by atoms with E-state index < -0.39 is 10.0 Å². The van der Waals surface area contributed by atoms with Crippen LogP contribution in [0.2, 0.25) is 0 Å². The van der Waals surface area contributed by atoms with Gasteiger partial charge in [0.15, 0.2) is 11.5 Å². The molecule has 0 aliphatic carbocycles. The van der Waals surface area contributed by atoms with Crippen molar-refractivity contribution in [3.05, 3.63) is 53.6 Å². The Labute approximate surface area is 129 Å². The Morgan fingerprint density at radius 1 is 0.955 bits per heavy atom. The van der Waals surface area contributed by atoms with Crippen LogP contribution in [0.15, 0.2) is 47.4 Å². The Morgan fingerprint density at radius 2 is 1.64 bits per heavy atom. The van der Waals surface area contributed by atoms with Gasteiger partial charge in [-0.25, -0.2) is 8.42 Å². The van der Waals surface area contributed by atoms with E-state index in [1.165, 1.54) is 4.31 Å². The lowest BCUT2D eigenvalue weighted by Gasteiger charge is -2.28. The Kier molecular flexibility index (Phi) is 3.09. The maximum atomic E-state index is 12.7. The number of hydrogen-bond donors (Lipinski definition) is 0. The van der Waals surface area contributed by atoms with Gasteiger partial charge < -0.3 is 9.47 Å². The third-order valence-corrected chi connectivity index (χ3v) is 5.91. The van der Waals surface area contributed by atoms with Gasteiger partial charge in [0, 0.05) is 13.1 Å². The first-order chi connectivity index (χ1) is 10.6. The van der Waals surface area contributed by atoms with Gasteiger partial charge in [-0.1, -0.05) is 18.2 Å². The van der Waals surface area contributed by atoms with Gasteiger partial charge in [-0.05, 0) is 41.8 Å². The van der Waals surface area contributed by atoms with Crippen LogP contribution in [0.5, 0.6) is 11.5 Å². The first-order valence-corrected chi connectivity index (χ1v) is 8.55. The van der Waals surface area contributed by atoms with Crippen LogP contribution in [0.1, 0.15) is 11.1 Å². The molecule has 0 saturated heterocycles. The van der Waals surface area contributed by atoms with Crippen molar-refractivity contribution in [2.75, 3.05) is 13.3 Å². The van der Waals surface area contributed by atoms with Gasteiger partial charge in [-0.2, -0.15) is 4.31 Å². The number of nitrogens with zero attached hydrogens (tertiary/aromatic N) is 1. The minimum Gasteiger partial charge on any atom is -0.454 e. The average Bonchev–Trinajstić information content (AvgIpc) is 3.00. The zero-order valence-corrected chi connectivity index (χ0v) is 12.7. The van der Waals surface area contributed by atoms with Gasteiger partial charge in [0.25, 0.3) is 0 Å². The fraction of sp³-hybridized carbons (Fsp3) is 0.250. The zero-order chi connectivity index (χ0) is 15.2. The molecule has 0 N–H and O–H groups in total. The summed E-state index contributed by atoms with van der Waals surface area (Å²) in [5.74, 6) is 1.44. The fourth-order valence-electron chi connectivity index (χ4n) is 2.87. The van der Waals surface area contributed by atoms with E-state index in [-0.39, 0.29) is 6.79 Å². The molecule has 6 heteroatoms. The minimum atomic E-state index is -3.46. The molecule has 0 unspecified atom stereocenters. The lowest BCUT2D eigenvalue weighted by Crippen LogP contribution is -2.35. The Balaban J connectivity index is 1.67. The van der Waals surface area contributed by atoms with Gasteiger partial charge >= 0.3 is 0 Å². The molecule has 2 aromatic rings. The molecule has 0 aromatic heterocycles. The predicted molar refractivity (Wildman–Crippen MR) is 80.3 cm³/mol. The normalized spacial score (nSPS) is 17.3. The molecule has 5 nitrogen and oxygen atoms in total. The van der Waals surface area contributed by atoms with Crippen LogP contribution in [-0.4, -0.2) is 26.1 Å². The highest BCUT2D eigenvalue weighted by Gasteiger charge is 2.29. The first-order valence-electron chi connectivity index (χ1n) is 7.11. The second-order valence-corrected chi connectivity index (χ2v) is 7.31. The van der Waals surface area contributed by atoms with Gasteiger partial charge in [-0.3, -0.25) is 0 Å². The molecule has 0 spiro atoms. The average molecular weight is 317 g/mol. The summed E-state index contributed by atoms with van der Waals surface area (Å²) in [5, 5.41) is 0. The van der Waals surface area contributed by atoms with Crippen LogP contribution in [0.25, 0.3) is 0 Å². The maximum Gasteiger partial charge on any atom is 0.243 e. The van der Waals surface area contributed by atoms with E-state index in [9.17, 15) is 8.42 Å². The number of sulfonamides is 1. The van der Waals surface area contributed by atoms with E-state index in [0.717, 1.165) is 16.9 Å². The smallest absolute Gasteiger partial charge is 0.243 e. The molecule has 4 rings (SSSR count). The van der Waals surface area contributed by atoms with Crippen molar-refractivity contribution >= 4 is 10.0 Å². The lowest BCUT2D eigenvalue weighted by atomic mass is 10.0. The van der Waals surface area contributed by atoms with Crippen molar-refractivity contribution in [2.24, 2.45) is 0 Å². The Morgan fingerprint density at radius 3 is 2.36 bits per heavy atom. The molecule has 0 saturated carbocycles. The lowest BCUT2D eigenvalue weighted by molar-refractivity contribution is 0.174. The van der Waals surface area contributed by atoms with Gasteiger partial charge in [0.2, 0.25) is 16.8 Å². The van der Waals surface area contributed by atoms with E-state index in [4.69, 9.17) is 9.47 Å². The molecular weight excluding hydrogens is 302 g/mol. The van der Waals surface area contributed by atoms with Crippen LogP contribution in [0, 0.1) is 0 Å². The molecule has 0 atom stereocenters. The van der Waals surface area contributed by atoms with Crippen molar-refractivity contribution in [3.63, 3.8) is 0 Å². The largest absolute Gasteiger partial charge is 0.454 e. The standard InChI is InChI=1S/C16H15NO4S/c18-22(19,14-4-2-1-3-5-14)17-7-6-12-8-15-16(21-11-20-15)9-13(12)10-17/h1-5,8-9H,6-7,10-11H2. The zero-order valence-electron chi connectivity index (χ0n) is 11.9. The van der Waals surface area contributed by atoms with Gasteiger partial charge in [-0.15, -0.1) is 0 Å². The maximum absolute atomic E-state index is 12.7. The van der Waals surface area contributed by atoms with E-state index in [0.29, 0.717) is 30.2 Å². The van der Waals surface area contributed by atoms with Crippen molar-refractivity contribution in [2.45, 2.75) is 17.9 Å². The molecule has 114 valence electrons. The van der Waals surface area contributed by atoms with Crippen molar-refractivity contribution in [1.82, 2.24) is 4.31 Å². The number of fused-ring (bicyclic) bond motifs is 2. The summed E-state index contributed by atoms with van der Waals surface area (Å²) >= 11 is 0. The summed E-state index contributed by atoms with van der Waals surface area (Å²) in [6, 6.07) is 12.4. The molecule has 0 amide bonds. The molecule has 0 bridgehead atoms. The summed E-state index contributed by atoms with van der Waals surface area (Å²) in [6.07, 6.45) is 0.679. The highest BCUT2D eigenvalue weighted by molar-refractivity contribution is 7.89. The van der Waals surface area contributed by atoms with E-state index in [2.05, 4.69) is 0 Å². The molecule has 0 fully saturated rings. The molecule has 2 aliphatic rings. The molecule has 22 heavy (non-hydrogen) atoms. The number of benzene rings is 2. The number of hydrogen-bond acceptors (Lipinski definition) is 4. The topological polar surface area (TPSA) is 55.8 Å². The van der Waals surface area contributed by atoms with E-state index >= 15 is 0 Å².